The van der Waals surface area contributed by atoms with Gasteiger partial charge in [-0.05, 0) is 18.3 Å². The van der Waals surface area contributed by atoms with Crippen LogP contribution < -0.4 is 29.6 Å². The third-order valence-corrected chi connectivity index (χ3v) is 4.38. The molecule has 2 unspecified atom stereocenters. The SMILES string of the molecule is CCCCC(CC)CCCCCC(CC)CCO.O=S(=O)([O-])[O-].[Na+]. The third kappa shape index (κ3) is 27.7. The average molecular weight is 376 g/mol. The summed E-state index contributed by atoms with van der Waals surface area (Å²) in [5, 5.41) is 8.96. The molecule has 24 heavy (non-hydrogen) atoms. The van der Waals surface area contributed by atoms with Crippen molar-refractivity contribution in [2.75, 3.05) is 6.61 Å². The van der Waals surface area contributed by atoms with Crippen molar-refractivity contribution >= 4 is 10.4 Å². The molecule has 0 bridgehead atoms. The zero-order valence-electron chi connectivity index (χ0n) is 16.1. The summed E-state index contributed by atoms with van der Waals surface area (Å²) < 4.78 is 34.1. The summed E-state index contributed by atoms with van der Waals surface area (Å²) in [7, 11) is -5.17. The fourth-order valence-corrected chi connectivity index (χ4v) is 2.82. The summed E-state index contributed by atoms with van der Waals surface area (Å²) in [5.41, 5.74) is 0. The number of hydrogen-bond acceptors (Lipinski definition) is 5. The Labute approximate surface area is 171 Å². The fourth-order valence-electron chi connectivity index (χ4n) is 2.82. The van der Waals surface area contributed by atoms with Crippen molar-refractivity contribution in [3.05, 3.63) is 0 Å². The van der Waals surface area contributed by atoms with E-state index in [2.05, 4.69) is 20.8 Å². The zero-order chi connectivity index (χ0) is 18.1. The van der Waals surface area contributed by atoms with E-state index in [1.165, 1.54) is 64.2 Å². The van der Waals surface area contributed by atoms with Crippen LogP contribution in [-0.4, -0.2) is 29.2 Å². The first-order chi connectivity index (χ1) is 10.8. The van der Waals surface area contributed by atoms with Crippen molar-refractivity contribution in [3.8, 4) is 0 Å². The molecule has 0 heterocycles. The van der Waals surface area contributed by atoms with E-state index in [1.807, 2.05) is 0 Å². The van der Waals surface area contributed by atoms with Crippen LogP contribution in [0.25, 0.3) is 0 Å². The Morgan fingerprint density at radius 2 is 1.17 bits per heavy atom. The molecule has 0 saturated heterocycles. The van der Waals surface area contributed by atoms with Crippen LogP contribution in [0.2, 0.25) is 0 Å². The van der Waals surface area contributed by atoms with Crippen molar-refractivity contribution in [1.29, 1.82) is 0 Å². The Hall–Kier alpha value is 0.830. The second kappa shape index (κ2) is 20.1. The molecule has 0 aromatic rings. The van der Waals surface area contributed by atoms with Crippen molar-refractivity contribution in [2.24, 2.45) is 11.8 Å². The van der Waals surface area contributed by atoms with Crippen molar-refractivity contribution in [1.82, 2.24) is 0 Å². The van der Waals surface area contributed by atoms with Crippen molar-refractivity contribution in [3.63, 3.8) is 0 Å². The van der Waals surface area contributed by atoms with Crippen LogP contribution in [-0.2, 0) is 10.4 Å². The number of aliphatic hydroxyl groups is 1. The van der Waals surface area contributed by atoms with Gasteiger partial charge < -0.3 is 14.2 Å². The van der Waals surface area contributed by atoms with Gasteiger partial charge in [-0.3, -0.25) is 8.42 Å². The van der Waals surface area contributed by atoms with E-state index in [-0.39, 0.29) is 29.6 Å². The number of rotatable bonds is 13. The van der Waals surface area contributed by atoms with Crippen LogP contribution >= 0.6 is 0 Å². The predicted molar refractivity (Wildman–Crippen MR) is 92.3 cm³/mol. The maximum Gasteiger partial charge on any atom is 1.00 e. The summed E-state index contributed by atoms with van der Waals surface area (Å²) in [6.45, 7) is 7.25. The summed E-state index contributed by atoms with van der Waals surface area (Å²) in [5.74, 6) is 1.74. The molecule has 5 nitrogen and oxygen atoms in total. The van der Waals surface area contributed by atoms with E-state index in [4.69, 9.17) is 22.6 Å². The van der Waals surface area contributed by atoms with Gasteiger partial charge in [-0.2, -0.15) is 0 Å². The molecule has 0 aliphatic rings. The van der Waals surface area contributed by atoms with Gasteiger partial charge in [0.15, 0.2) is 0 Å². The molecule has 7 heteroatoms. The van der Waals surface area contributed by atoms with E-state index >= 15 is 0 Å². The number of unbranched alkanes of at least 4 members (excludes halogenated alkanes) is 3. The maximum absolute atomic E-state index is 8.96. The largest absolute Gasteiger partial charge is 1.00 e. The van der Waals surface area contributed by atoms with E-state index < -0.39 is 10.4 Å². The number of hydrogen-bond donors (Lipinski definition) is 1. The number of aliphatic hydroxyl groups excluding tert-OH is 1. The molecule has 2 atom stereocenters. The van der Waals surface area contributed by atoms with Crippen LogP contribution in [0.15, 0.2) is 0 Å². The summed E-state index contributed by atoms with van der Waals surface area (Å²) >= 11 is 0. The molecule has 0 radical (unpaired) electrons. The van der Waals surface area contributed by atoms with E-state index in [1.54, 1.807) is 0 Å². The molecule has 1 N–H and O–H groups in total. The normalized spacial score (nSPS) is 13.4. The van der Waals surface area contributed by atoms with E-state index in [9.17, 15) is 0 Å². The van der Waals surface area contributed by atoms with Gasteiger partial charge in [0.25, 0.3) is 0 Å². The summed E-state index contributed by atoms with van der Waals surface area (Å²) in [6, 6.07) is 0. The maximum atomic E-state index is 8.96. The first-order valence-corrected chi connectivity index (χ1v) is 10.4. The third-order valence-electron chi connectivity index (χ3n) is 4.38. The van der Waals surface area contributed by atoms with Crippen molar-refractivity contribution < 1.29 is 52.2 Å². The first kappa shape index (κ1) is 29.6. The smallest absolute Gasteiger partial charge is 0.759 e. The minimum Gasteiger partial charge on any atom is -0.759 e. The summed E-state index contributed by atoms with van der Waals surface area (Å²) in [4.78, 5) is 0. The topological polar surface area (TPSA) is 100 Å². The molecule has 0 aliphatic carbocycles. The minimum absolute atomic E-state index is 0. The quantitative estimate of drug-likeness (QED) is 0.226. The molecule has 0 aromatic carbocycles. The van der Waals surface area contributed by atoms with Crippen LogP contribution in [0.1, 0.15) is 91.4 Å². The predicted octanol–water partition coefficient (Wildman–Crippen LogP) is 1.23. The monoisotopic (exact) mass is 375 g/mol. The van der Waals surface area contributed by atoms with Gasteiger partial charge in [0.1, 0.15) is 0 Å². The molecule has 0 aromatic heterocycles. The molecular weight excluding hydrogens is 339 g/mol. The average Bonchev–Trinajstić information content (AvgIpc) is 2.47. The first-order valence-electron chi connectivity index (χ1n) is 9.05. The van der Waals surface area contributed by atoms with Crippen LogP contribution in [0.5, 0.6) is 0 Å². The van der Waals surface area contributed by atoms with E-state index in [0.717, 1.165) is 18.3 Å². The van der Waals surface area contributed by atoms with E-state index in [0.29, 0.717) is 6.61 Å². The van der Waals surface area contributed by atoms with Gasteiger partial charge in [0.05, 0.1) is 0 Å². The molecule has 0 aliphatic heterocycles. The standard InChI is InChI=1S/C17H36O.Na.H2O4S/c1-4-7-11-16(5-2)12-9-8-10-13-17(6-3)14-15-18;;1-5(2,3)4/h16-18H,4-15H2,1-3H3;;(H2,1,2,3,4)/q;+1;/p-2. The Morgan fingerprint density at radius 1 is 0.792 bits per heavy atom. The second-order valence-electron chi connectivity index (χ2n) is 6.25. The Bertz CT molecular complexity index is 328. The Balaban J connectivity index is -0.000000639. The Kier molecular flexibility index (Phi) is 24.8. The van der Waals surface area contributed by atoms with Gasteiger partial charge in [-0.25, -0.2) is 0 Å². The molecule has 0 rings (SSSR count). The van der Waals surface area contributed by atoms with Gasteiger partial charge in [0.2, 0.25) is 0 Å². The fraction of sp³-hybridized carbons (Fsp3) is 1.00. The van der Waals surface area contributed by atoms with Gasteiger partial charge >= 0.3 is 29.6 Å². The molecule has 0 spiro atoms. The molecule has 142 valence electrons. The van der Waals surface area contributed by atoms with Gasteiger partial charge in [-0.15, -0.1) is 0 Å². The second-order valence-corrected chi connectivity index (χ2v) is 7.07. The minimum atomic E-state index is -5.17. The van der Waals surface area contributed by atoms with Gasteiger partial charge in [-0.1, -0.05) is 85.0 Å². The molecular formula is C17H36NaO5S-. The molecule has 0 fully saturated rings. The summed E-state index contributed by atoms with van der Waals surface area (Å²) in [6.07, 6.45) is 14.7. The van der Waals surface area contributed by atoms with Crippen molar-refractivity contribution in [2.45, 2.75) is 91.4 Å². The molecule has 0 amide bonds. The molecule has 0 saturated carbocycles. The van der Waals surface area contributed by atoms with Crippen LogP contribution in [0.4, 0.5) is 0 Å². The Morgan fingerprint density at radius 3 is 1.50 bits per heavy atom. The zero-order valence-corrected chi connectivity index (χ0v) is 18.9. The van der Waals surface area contributed by atoms with Crippen LogP contribution in [0, 0.1) is 11.8 Å². The van der Waals surface area contributed by atoms with Gasteiger partial charge in [0, 0.05) is 17.0 Å². The van der Waals surface area contributed by atoms with Crippen LogP contribution in [0.3, 0.4) is 0 Å².